The highest BCUT2D eigenvalue weighted by Crippen LogP contribution is 2.28. The van der Waals surface area contributed by atoms with Gasteiger partial charge in [0.1, 0.15) is 5.01 Å². The van der Waals surface area contributed by atoms with Crippen LogP contribution in [0.1, 0.15) is 24.8 Å². The van der Waals surface area contributed by atoms with Gasteiger partial charge >= 0.3 is 0 Å². The van der Waals surface area contributed by atoms with Crippen molar-refractivity contribution >= 4 is 34.1 Å². The molecule has 0 saturated heterocycles. The van der Waals surface area contributed by atoms with Crippen LogP contribution in [0.5, 0.6) is 0 Å². The largest absolute Gasteiger partial charge is 0.300 e. The van der Waals surface area contributed by atoms with Crippen molar-refractivity contribution in [3.63, 3.8) is 0 Å². The zero-order valence-electron chi connectivity index (χ0n) is 16.4. The van der Waals surface area contributed by atoms with Gasteiger partial charge in [0.05, 0.1) is 5.75 Å². The van der Waals surface area contributed by atoms with E-state index in [1.165, 1.54) is 23.1 Å². The summed E-state index contributed by atoms with van der Waals surface area (Å²) in [5.74, 6) is 0.951. The molecule has 0 radical (unpaired) electrons. The average Bonchev–Trinajstić information content (AvgIpc) is 3.41. The van der Waals surface area contributed by atoms with Crippen LogP contribution in [-0.2, 0) is 4.79 Å². The number of benzene rings is 1. The number of amides is 1. The Morgan fingerprint density at radius 2 is 1.93 bits per heavy atom. The van der Waals surface area contributed by atoms with Crippen molar-refractivity contribution in [1.29, 1.82) is 0 Å². The second-order valence-electron chi connectivity index (χ2n) is 6.66. The zero-order chi connectivity index (χ0) is 20.9. The lowest BCUT2D eigenvalue weighted by atomic mass is 10.2. The van der Waals surface area contributed by atoms with E-state index in [2.05, 4.69) is 30.7 Å². The Bertz CT molecular complexity index is 1130. The minimum Gasteiger partial charge on any atom is -0.300 e. The normalized spacial score (nSPS) is 11.0. The van der Waals surface area contributed by atoms with E-state index in [1.54, 1.807) is 12.4 Å². The predicted octanol–water partition coefficient (Wildman–Crippen LogP) is 4.04. The molecule has 3 aromatic heterocycles. The first-order valence-corrected chi connectivity index (χ1v) is 11.1. The Morgan fingerprint density at radius 3 is 2.63 bits per heavy atom. The molecule has 4 rings (SSSR count). The van der Waals surface area contributed by atoms with Crippen LogP contribution >= 0.6 is 23.1 Å². The van der Waals surface area contributed by atoms with Crippen molar-refractivity contribution in [1.82, 2.24) is 29.9 Å². The highest BCUT2D eigenvalue weighted by atomic mass is 32.2. The van der Waals surface area contributed by atoms with Gasteiger partial charge in [-0.2, -0.15) is 0 Å². The standard InChI is InChI=1S/C20H19N7OS2/c1-13(2)18-24-25-19(30-18)22-16(28)12-29-20-26-23-17(14-7-6-10-21-11-14)27(20)15-8-4-3-5-9-15/h3-11,13H,12H2,1-2H3,(H,22,25,28). The van der Waals surface area contributed by atoms with Crippen molar-refractivity contribution in [3.05, 3.63) is 59.9 Å². The predicted molar refractivity (Wildman–Crippen MR) is 118 cm³/mol. The van der Waals surface area contributed by atoms with Crippen molar-refractivity contribution in [2.45, 2.75) is 24.9 Å². The molecular weight excluding hydrogens is 418 g/mol. The van der Waals surface area contributed by atoms with E-state index in [4.69, 9.17) is 0 Å². The Morgan fingerprint density at radius 1 is 1.10 bits per heavy atom. The monoisotopic (exact) mass is 437 g/mol. The second kappa shape index (κ2) is 9.14. The minimum absolute atomic E-state index is 0.169. The average molecular weight is 438 g/mol. The number of rotatable bonds is 7. The van der Waals surface area contributed by atoms with Crippen molar-refractivity contribution < 1.29 is 4.79 Å². The van der Waals surface area contributed by atoms with Crippen LogP contribution in [0, 0.1) is 0 Å². The quantitative estimate of drug-likeness (QED) is 0.436. The maximum absolute atomic E-state index is 12.4. The summed E-state index contributed by atoms with van der Waals surface area (Å²) in [6.45, 7) is 4.08. The van der Waals surface area contributed by atoms with Gasteiger partial charge in [0.25, 0.3) is 0 Å². The number of carbonyl (C=O) groups excluding carboxylic acids is 1. The molecule has 0 aliphatic rings. The van der Waals surface area contributed by atoms with Gasteiger partial charge in [-0.1, -0.05) is 55.1 Å². The number of nitrogens with zero attached hydrogens (tertiary/aromatic N) is 6. The molecule has 0 bridgehead atoms. The van der Waals surface area contributed by atoms with Gasteiger partial charge < -0.3 is 0 Å². The zero-order valence-corrected chi connectivity index (χ0v) is 18.0. The molecule has 3 heterocycles. The third kappa shape index (κ3) is 4.55. The van der Waals surface area contributed by atoms with Crippen LogP contribution in [0.15, 0.2) is 60.0 Å². The summed E-state index contributed by atoms with van der Waals surface area (Å²) in [6.07, 6.45) is 3.46. The molecule has 0 aliphatic carbocycles. The molecule has 0 saturated carbocycles. The lowest BCUT2D eigenvalue weighted by Gasteiger charge is -2.10. The molecule has 8 nitrogen and oxygen atoms in total. The van der Waals surface area contributed by atoms with Gasteiger partial charge in [-0.15, -0.1) is 20.4 Å². The Balaban J connectivity index is 1.54. The van der Waals surface area contributed by atoms with E-state index in [9.17, 15) is 4.79 Å². The van der Waals surface area contributed by atoms with Crippen LogP contribution in [0.25, 0.3) is 17.1 Å². The summed E-state index contributed by atoms with van der Waals surface area (Å²) in [5, 5.41) is 21.6. The Kier molecular flexibility index (Phi) is 6.15. The van der Waals surface area contributed by atoms with Crippen molar-refractivity contribution in [3.8, 4) is 17.1 Å². The topological polar surface area (TPSA) is 98.5 Å². The number of hydrogen-bond donors (Lipinski definition) is 1. The molecule has 1 amide bonds. The van der Waals surface area contributed by atoms with Gasteiger partial charge in [0, 0.05) is 29.6 Å². The van der Waals surface area contributed by atoms with Crippen molar-refractivity contribution in [2.75, 3.05) is 11.1 Å². The van der Waals surface area contributed by atoms with E-state index in [0.29, 0.717) is 16.1 Å². The van der Waals surface area contributed by atoms with Crippen LogP contribution in [-0.4, -0.2) is 41.6 Å². The lowest BCUT2D eigenvalue weighted by molar-refractivity contribution is -0.113. The number of carbonyl (C=O) groups is 1. The summed E-state index contributed by atoms with van der Waals surface area (Å²) in [7, 11) is 0. The minimum atomic E-state index is -0.169. The summed E-state index contributed by atoms with van der Waals surface area (Å²) < 4.78 is 1.93. The summed E-state index contributed by atoms with van der Waals surface area (Å²) >= 11 is 2.70. The van der Waals surface area contributed by atoms with E-state index in [1.807, 2.05) is 60.9 Å². The number of aromatic nitrogens is 6. The van der Waals surface area contributed by atoms with Gasteiger partial charge in [-0.05, 0) is 24.3 Å². The number of pyridine rings is 1. The van der Waals surface area contributed by atoms with Crippen LogP contribution in [0.2, 0.25) is 0 Å². The molecule has 4 aromatic rings. The number of anilines is 1. The highest BCUT2D eigenvalue weighted by Gasteiger charge is 2.18. The van der Waals surface area contributed by atoms with E-state index in [0.717, 1.165) is 16.3 Å². The first-order valence-electron chi connectivity index (χ1n) is 9.29. The number of nitrogens with one attached hydrogen (secondary N) is 1. The third-order valence-electron chi connectivity index (χ3n) is 4.08. The summed E-state index contributed by atoms with van der Waals surface area (Å²) in [6, 6.07) is 13.6. The SMILES string of the molecule is CC(C)c1nnc(NC(=O)CSc2nnc(-c3cccnc3)n2-c2ccccc2)s1. The maximum atomic E-state index is 12.4. The van der Waals surface area contributed by atoms with Gasteiger partial charge in [0.15, 0.2) is 11.0 Å². The second-order valence-corrected chi connectivity index (χ2v) is 8.61. The number of thioether (sulfide) groups is 1. The summed E-state index contributed by atoms with van der Waals surface area (Å²) in [5.41, 5.74) is 1.76. The molecular formula is C20H19N7OS2. The lowest BCUT2D eigenvalue weighted by Crippen LogP contribution is -2.14. The fourth-order valence-corrected chi connectivity index (χ4v) is 4.17. The van der Waals surface area contributed by atoms with E-state index >= 15 is 0 Å². The number of hydrogen-bond acceptors (Lipinski definition) is 8. The fourth-order valence-electron chi connectivity index (χ4n) is 2.66. The molecule has 30 heavy (non-hydrogen) atoms. The van der Waals surface area contributed by atoms with E-state index < -0.39 is 0 Å². The molecule has 10 heteroatoms. The molecule has 0 unspecified atom stereocenters. The Hall–Kier alpha value is -3.11. The van der Waals surface area contributed by atoms with Crippen LogP contribution in [0.4, 0.5) is 5.13 Å². The van der Waals surface area contributed by atoms with Gasteiger partial charge in [-0.3, -0.25) is 19.7 Å². The molecule has 1 N–H and O–H groups in total. The Labute approximate surface area is 181 Å². The third-order valence-corrected chi connectivity index (χ3v) is 6.15. The first kappa shape index (κ1) is 20.2. The molecule has 0 aliphatic heterocycles. The van der Waals surface area contributed by atoms with Crippen LogP contribution in [0.3, 0.4) is 0 Å². The molecule has 0 fully saturated rings. The smallest absolute Gasteiger partial charge is 0.236 e. The molecule has 1 aromatic carbocycles. The molecule has 0 spiro atoms. The number of para-hydroxylation sites is 1. The highest BCUT2D eigenvalue weighted by molar-refractivity contribution is 7.99. The van der Waals surface area contributed by atoms with E-state index in [-0.39, 0.29) is 17.6 Å². The molecule has 152 valence electrons. The maximum Gasteiger partial charge on any atom is 0.236 e. The first-order chi connectivity index (χ1) is 14.6. The van der Waals surface area contributed by atoms with Crippen LogP contribution < -0.4 is 5.32 Å². The van der Waals surface area contributed by atoms with Gasteiger partial charge in [0.2, 0.25) is 11.0 Å². The molecule has 0 atom stereocenters. The van der Waals surface area contributed by atoms with Gasteiger partial charge in [-0.25, -0.2) is 0 Å². The van der Waals surface area contributed by atoms with Crippen molar-refractivity contribution in [2.24, 2.45) is 0 Å². The fraction of sp³-hybridized carbons (Fsp3) is 0.200. The summed E-state index contributed by atoms with van der Waals surface area (Å²) in [4.78, 5) is 16.6.